The third kappa shape index (κ3) is 11.2. The van der Waals surface area contributed by atoms with Crippen molar-refractivity contribution in [3.8, 4) is 0 Å². The van der Waals surface area contributed by atoms with Crippen molar-refractivity contribution >= 4 is 12.4 Å². The van der Waals surface area contributed by atoms with Crippen LogP contribution in [0.15, 0.2) is 5.11 Å². The molecule has 0 spiro atoms. The summed E-state index contributed by atoms with van der Waals surface area (Å²) in [6.07, 6.45) is 0.917. The van der Waals surface area contributed by atoms with Crippen LogP contribution >= 0.6 is 12.4 Å². The largest absolute Gasteiger partial charge is 0.320 e. The topological polar surface area (TPSA) is 60.8 Å². The van der Waals surface area contributed by atoms with Gasteiger partial charge in [0.15, 0.2) is 0 Å². The van der Waals surface area contributed by atoms with Gasteiger partial charge >= 0.3 is 0 Å². The summed E-state index contributed by atoms with van der Waals surface area (Å²) in [7, 11) is 1.87. The van der Waals surface area contributed by atoms with Gasteiger partial charge < -0.3 is 5.32 Å². The zero-order valence-corrected chi connectivity index (χ0v) is 6.19. The molecule has 5 heteroatoms. The number of hydrogen-bond donors (Lipinski definition) is 1. The molecule has 0 saturated heterocycles. The normalized spacial score (nSPS) is 7.22. The van der Waals surface area contributed by atoms with Crippen molar-refractivity contribution in [3.05, 3.63) is 10.4 Å². The minimum atomic E-state index is 0. The van der Waals surface area contributed by atoms with E-state index in [0.717, 1.165) is 13.0 Å². The molecule has 0 aliphatic rings. The first-order valence-corrected chi connectivity index (χ1v) is 2.57. The van der Waals surface area contributed by atoms with Gasteiger partial charge in [-0.2, -0.15) is 0 Å². The first-order chi connectivity index (χ1) is 3.91. The third-order valence-corrected chi connectivity index (χ3v) is 0.748. The number of rotatable bonds is 4. The molecule has 0 bridgehead atoms. The lowest BCUT2D eigenvalue weighted by molar-refractivity contribution is 0.731. The van der Waals surface area contributed by atoms with Crippen LogP contribution in [0.2, 0.25) is 0 Å². The van der Waals surface area contributed by atoms with Gasteiger partial charge in [0.05, 0.1) is 0 Å². The molecule has 4 nitrogen and oxygen atoms in total. The van der Waals surface area contributed by atoms with E-state index in [9.17, 15) is 0 Å². The molecular formula is C4H11ClN4. The SMILES string of the molecule is CNCCCN=[N+]=[N-].Cl. The van der Waals surface area contributed by atoms with Crippen LogP contribution in [0, 0.1) is 0 Å². The Morgan fingerprint density at radius 2 is 2.33 bits per heavy atom. The van der Waals surface area contributed by atoms with Crippen molar-refractivity contribution in [2.45, 2.75) is 6.42 Å². The molecule has 54 valence electrons. The Bertz CT molecular complexity index is 88.6. The van der Waals surface area contributed by atoms with Crippen LogP contribution in [0.1, 0.15) is 6.42 Å². The van der Waals surface area contributed by atoms with Crippen molar-refractivity contribution in [2.24, 2.45) is 5.11 Å². The molecule has 0 amide bonds. The van der Waals surface area contributed by atoms with Gasteiger partial charge in [0, 0.05) is 11.5 Å². The Kier molecular flexibility index (Phi) is 13.3. The Hall–Kier alpha value is -0.440. The van der Waals surface area contributed by atoms with Crippen molar-refractivity contribution in [1.29, 1.82) is 0 Å². The molecule has 0 aliphatic carbocycles. The lowest BCUT2D eigenvalue weighted by Crippen LogP contribution is -2.07. The molecule has 0 aliphatic heterocycles. The van der Waals surface area contributed by atoms with Crippen LogP contribution in [0.25, 0.3) is 10.4 Å². The van der Waals surface area contributed by atoms with Crippen molar-refractivity contribution in [1.82, 2.24) is 5.32 Å². The number of azide groups is 1. The Labute approximate surface area is 60.7 Å². The van der Waals surface area contributed by atoms with Crippen LogP contribution in [-0.4, -0.2) is 20.1 Å². The molecule has 0 heterocycles. The maximum atomic E-state index is 7.80. The van der Waals surface area contributed by atoms with Crippen LogP contribution in [0.5, 0.6) is 0 Å². The monoisotopic (exact) mass is 150 g/mol. The molecule has 1 N–H and O–H groups in total. The molecule has 0 fully saturated rings. The first kappa shape index (κ1) is 11.4. The predicted octanol–water partition coefficient (Wildman–Crippen LogP) is 1.33. The highest BCUT2D eigenvalue weighted by atomic mass is 35.5. The summed E-state index contributed by atoms with van der Waals surface area (Å²) in [5, 5.41) is 6.29. The number of halogens is 1. The zero-order valence-electron chi connectivity index (χ0n) is 5.37. The van der Waals surface area contributed by atoms with E-state index in [1.165, 1.54) is 0 Å². The lowest BCUT2D eigenvalue weighted by Gasteiger charge is -1.90. The van der Waals surface area contributed by atoms with Gasteiger partial charge in [0.1, 0.15) is 0 Å². The minimum Gasteiger partial charge on any atom is -0.320 e. The van der Waals surface area contributed by atoms with Gasteiger partial charge in [-0.3, -0.25) is 0 Å². The second-order valence-electron chi connectivity index (χ2n) is 1.41. The lowest BCUT2D eigenvalue weighted by atomic mass is 10.4. The molecule has 0 radical (unpaired) electrons. The molecule has 0 saturated carbocycles. The maximum absolute atomic E-state index is 7.80. The third-order valence-electron chi connectivity index (χ3n) is 0.748. The van der Waals surface area contributed by atoms with Gasteiger partial charge in [-0.1, -0.05) is 5.11 Å². The summed E-state index contributed by atoms with van der Waals surface area (Å²) >= 11 is 0. The van der Waals surface area contributed by atoms with Gasteiger partial charge in [0.25, 0.3) is 0 Å². The van der Waals surface area contributed by atoms with E-state index in [0.29, 0.717) is 6.54 Å². The van der Waals surface area contributed by atoms with Crippen molar-refractivity contribution in [2.75, 3.05) is 20.1 Å². The molecule has 9 heavy (non-hydrogen) atoms. The summed E-state index contributed by atoms with van der Waals surface area (Å²) in [5.74, 6) is 0. The van der Waals surface area contributed by atoms with Crippen molar-refractivity contribution in [3.63, 3.8) is 0 Å². The number of nitrogens with zero attached hydrogens (tertiary/aromatic N) is 3. The Morgan fingerprint density at radius 1 is 1.67 bits per heavy atom. The van der Waals surface area contributed by atoms with E-state index in [4.69, 9.17) is 5.53 Å². The van der Waals surface area contributed by atoms with E-state index in [-0.39, 0.29) is 12.4 Å². The maximum Gasteiger partial charge on any atom is 0.0269 e. The molecule has 0 unspecified atom stereocenters. The van der Waals surface area contributed by atoms with E-state index >= 15 is 0 Å². The molecular weight excluding hydrogens is 140 g/mol. The summed E-state index contributed by atoms with van der Waals surface area (Å²) in [4.78, 5) is 2.60. The minimum absolute atomic E-state index is 0. The summed E-state index contributed by atoms with van der Waals surface area (Å²) < 4.78 is 0. The molecule has 0 atom stereocenters. The van der Waals surface area contributed by atoms with Crippen molar-refractivity contribution < 1.29 is 0 Å². The fourth-order valence-corrected chi connectivity index (χ4v) is 0.371. The molecule has 0 rings (SSSR count). The predicted molar refractivity (Wildman–Crippen MR) is 39.8 cm³/mol. The second kappa shape index (κ2) is 10.5. The van der Waals surface area contributed by atoms with Gasteiger partial charge in [-0.05, 0) is 25.5 Å². The zero-order chi connectivity index (χ0) is 6.24. The highest BCUT2D eigenvalue weighted by Gasteiger charge is 1.77. The summed E-state index contributed by atoms with van der Waals surface area (Å²) in [6, 6.07) is 0. The quantitative estimate of drug-likeness (QED) is 0.280. The molecule has 0 aromatic rings. The molecule has 0 aromatic carbocycles. The average Bonchev–Trinajstić information content (AvgIpc) is 1.81. The van der Waals surface area contributed by atoms with E-state index in [2.05, 4.69) is 15.3 Å². The van der Waals surface area contributed by atoms with Crippen LogP contribution in [0.4, 0.5) is 0 Å². The summed E-state index contributed by atoms with van der Waals surface area (Å²) in [5.41, 5.74) is 7.80. The van der Waals surface area contributed by atoms with Crippen LogP contribution in [0.3, 0.4) is 0 Å². The second-order valence-corrected chi connectivity index (χ2v) is 1.41. The van der Waals surface area contributed by atoms with E-state index in [1.807, 2.05) is 7.05 Å². The number of nitrogens with one attached hydrogen (secondary N) is 1. The smallest absolute Gasteiger partial charge is 0.0269 e. The van der Waals surface area contributed by atoms with Gasteiger partial charge in [0.2, 0.25) is 0 Å². The average molecular weight is 151 g/mol. The van der Waals surface area contributed by atoms with Gasteiger partial charge in [-0.25, -0.2) is 0 Å². The fraction of sp³-hybridized carbons (Fsp3) is 1.00. The van der Waals surface area contributed by atoms with Crippen LogP contribution in [-0.2, 0) is 0 Å². The molecule has 0 aromatic heterocycles. The van der Waals surface area contributed by atoms with E-state index < -0.39 is 0 Å². The van der Waals surface area contributed by atoms with E-state index in [1.54, 1.807) is 0 Å². The number of hydrogen-bond acceptors (Lipinski definition) is 2. The standard InChI is InChI=1S/C4H10N4.ClH/c1-6-3-2-4-7-8-5;/h6H,2-4H2,1H3;1H. The van der Waals surface area contributed by atoms with Crippen LogP contribution < -0.4 is 5.32 Å². The Morgan fingerprint density at radius 3 is 2.78 bits per heavy atom. The van der Waals surface area contributed by atoms with Gasteiger partial charge in [-0.15, -0.1) is 12.4 Å². The summed E-state index contributed by atoms with van der Waals surface area (Å²) in [6.45, 7) is 1.51. The highest BCUT2D eigenvalue weighted by Crippen LogP contribution is 1.76. The fourth-order valence-electron chi connectivity index (χ4n) is 0.371. The highest BCUT2D eigenvalue weighted by molar-refractivity contribution is 5.85. The Balaban J connectivity index is 0. The first-order valence-electron chi connectivity index (χ1n) is 2.57.